The molecule has 2 aliphatic carbocycles. The Kier molecular flexibility index (Phi) is 5.40. The standard InChI is InChI=1S/C28H28FN7O2/c1-15-6-7-30-27(26(15)29)19-9-20(19)28(38)34-23-10-25(32-14-31-23)36-12-18(37)8-22(36)21-13-35-11-17(16-2-3-16)4-5-24(35)33-21/h4-7,10-11,13-14,16,18-20,22,37H,2-3,8-9,12H2,1H3,(H,31,32,34,38)/t18-,19?,20?,22+/m0/s1. The van der Waals surface area contributed by atoms with Crippen molar-refractivity contribution in [1.82, 2.24) is 24.3 Å². The molecule has 9 nitrogen and oxygen atoms in total. The molecule has 7 rings (SSSR count). The average Bonchev–Trinajstić information content (AvgIpc) is 3.83. The van der Waals surface area contributed by atoms with Gasteiger partial charge in [-0.3, -0.25) is 9.78 Å². The quantitative estimate of drug-likeness (QED) is 0.403. The first-order valence-corrected chi connectivity index (χ1v) is 13.1. The number of carbonyl (C=O) groups is 1. The Morgan fingerprint density at radius 1 is 1.13 bits per heavy atom. The number of nitrogens with one attached hydrogen (secondary N) is 1. The lowest BCUT2D eigenvalue weighted by Gasteiger charge is -2.24. The molecular weight excluding hydrogens is 485 g/mol. The topological polar surface area (TPSA) is 109 Å². The normalized spacial score (nSPS) is 24.7. The number of rotatable bonds is 6. The Morgan fingerprint density at radius 2 is 2.00 bits per heavy atom. The van der Waals surface area contributed by atoms with Crippen LogP contribution in [0.4, 0.5) is 16.0 Å². The Morgan fingerprint density at radius 3 is 2.84 bits per heavy atom. The molecular formula is C28H28FN7O2. The Balaban J connectivity index is 1.09. The van der Waals surface area contributed by atoms with Gasteiger partial charge in [0.15, 0.2) is 0 Å². The molecule has 2 saturated carbocycles. The highest BCUT2D eigenvalue weighted by atomic mass is 19.1. The van der Waals surface area contributed by atoms with Gasteiger partial charge in [0.05, 0.1) is 23.5 Å². The summed E-state index contributed by atoms with van der Waals surface area (Å²) in [6.45, 7) is 2.10. The van der Waals surface area contributed by atoms with Gasteiger partial charge in [0.1, 0.15) is 29.4 Å². The molecule has 0 radical (unpaired) electrons. The Hall–Kier alpha value is -3.92. The van der Waals surface area contributed by atoms with Gasteiger partial charge in [-0.15, -0.1) is 0 Å². The molecule has 3 aliphatic rings. The largest absolute Gasteiger partial charge is 0.391 e. The smallest absolute Gasteiger partial charge is 0.229 e. The number of carbonyl (C=O) groups excluding carboxylic acids is 1. The number of aryl methyl sites for hydroxylation is 1. The minimum atomic E-state index is -0.524. The van der Waals surface area contributed by atoms with Gasteiger partial charge < -0.3 is 19.7 Å². The van der Waals surface area contributed by atoms with Gasteiger partial charge in [-0.25, -0.2) is 19.3 Å². The molecule has 2 N–H and O–H groups in total. The summed E-state index contributed by atoms with van der Waals surface area (Å²) in [5.74, 6) is 0.488. The number of fused-ring (bicyclic) bond motifs is 1. The maximum Gasteiger partial charge on any atom is 0.229 e. The molecule has 0 spiro atoms. The summed E-state index contributed by atoms with van der Waals surface area (Å²) in [6.07, 6.45) is 10.2. The van der Waals surface area contributed by atoms with Gasteiger partial charge in [0.2, 0.25) is 5.91 Å². The number of halogens is 1. The van der Waals surface area contributed by atoms with Gasteiger partial charge >= 0.3 is 0 Å². The van der Waals surface area contributed by atoms with Crippen LogP contribution in [0.2, 0.25) is 0 Å². The molecule has 1 amide bonds. The number of aliphatic hydroxyl groups is 1. The molecule has 1 saturated heterocycles. The number of hydrogen-bond donors (Lipinski definition) is 2. The lowest BCUT2D eigenvalue weighted by atomic mass is 10.1. The van der Waals surface area contributed by atoms with E-state index in [1.807, 2.05) is 11.1 Å². The molecule has 1 aliphatic heterocycles. The Labute approximate surface area is 218 Å². The van der Waals surface area contributed by atoms with Crippen molar-refractivity contribution in [2.45, 2.75) is 56.6 Å². The van der Waals surface area contributed by atoms with Crippen LogP contribution in [0.1, 0.15) is 66.1 Å². The highest BCUT2D eigenvalue weighted by Gasteiger charge is 2.46. The van der Waals surface area contributed by atoms with Crippen molar-refractivity contribution in [3.05, 3.63) is 77.5 Å². The van der Waals surface area contributed by atoms with E-state index in [1.54, 1.807) is 25.3 Å². The van der Waals surface area contributed by atoms with E-state index in [0.29, 0.717) is 48.2 Å². The van der Waals surface area contributed by atoms with Crippen molar-refractivity contribution in [3.63, 3.8) is 0 Å². The molecule has 2 unspecified atom stereocenters. The van der Waals surface area contributed by atoms with E-state index in [4.69, 9.17) is 4.98 Å². The van der Waals surface area contributed by atoms with Gasteiger partial charge in [-0.2, -0.15) is 0 Å². The maximum atomic E-state index is 14.5. The number of pyridine rings is 2. The minimum Gasteiger partial charge on any atom is -0.391 e. The molecule has 4 aromatic rings. The zero-order valence-corrected chi connectivity index (χ0v) is 21.0. The van der Waals surface area contributed by atoms with Crippen LogP contribution < -0.4 is 10.2 Å². The fourth-order valence-electron chi connectivity index (χ4n) is 5.59. The van der Waals surface area contributed by atoms with E-state index in [2.05, 4.69) is 43.0 Å². The molecule has 0 bridgehead atoms. The predicted molar refractivity (Wildman–Crippen MR) is 138 cm³/mol. The SMILES string of the molecule is Cc1ccnc(C2CC2C(=O)Nc2cc(N3C[C@@H](O)C[C@@H]3c3cn4cc(C5CC5)ccc4n3)ncn2)c1F. The van der Waals surface area contributed by atoms with E-state index < -0.39 is 6.10 Å². The summed E-state index contributed by atoms with van der Waals surface area (Å²) in [4.78, 5) is 32.6. The lowest BCUT2D eigenvalue weighted by molar-refractivity contribution is -0.117. The van der Waals surface area contributed by atoms with Gasteiger partial charge in [-0.05, 0) is 55.4 Å². The van der Waals surface area contributed by atoms with E-state index >= 15 is 0 Å². The van der Waals surface area contributed by atoms with Crippen LogP contribution in [0.5, 0.6) is 0 Å². The van der Waals surface area contributed by atoms with Crippen LogP contribution >= 0.6 is 0 Å². The van der Waals surface area contributed by atoms with Crippen molar-refractivity contribution in [1.29, 1.82) is 0 Å². The van der Waals surface area contributed by atoms with Crippen molar-refractivity contribution < 1.29 is 14.3 Å². The van der Waals surface area contributed by atoms with E-state index in [9.17, 15) is 14.3 Å². The summed E-state index contributed by atoms with van der Waals surface area (Å²) in [7, 11) is 0. The third kappa shape index (κ3) is 4.18. The van der Waals surface area contributed by atoms with Crippen LogP contribution in [0, 0.1) is 18.7 Å². The van der Waals surface area contributed by atoms with E-state index in [1.165, 1.54) is 24.7 Å². The molecule has 0 aromatic carbocycles. The van der Waals surface area contributed by atoms with Crippen molar-refractivity contribution >= 4 is 23.2 Å². The number of aromatic nitrogens is 5. The second kappa shape index (κ2) is 8.83. The lowest BCUT2D eigenvalue weighted by Crippen LogP contribution is -2.26. The highest BCUT2D eigenvalue weighted by molar-refractivity contribution is 5.94. The highest BCUT2D eigenvalue weighted by Crippen LogP contribution is 2.48. The molecule has 38 heavy (non-hydrogen) atoms. The molecule has 4 atom stereocenters. The second-order valence-electron chi connectivity index (χ2n) is 10.8. The first-order valence-electron chi connectivity index (χ1n) is 13.1. The first-order chi connectivity index (χ1) is 18.4. The maximum absolute atomic E-state index is 14.5. The van der Waals surface area contributed by atoms with Gasteiger partial charge in [0.25, 0.3) is 0 Å². The van der Waals surface area contributed by atoms with Crippen molar-refractivity contribution in [3.8, 4) is 0 Å². The summed E-state index contributed by atoms with van der Waals surface area (Å²) in [6, 6.07) is 7.38. The van der Waals surface area contributed by atoms with Crippen LogP contribution in [0.3, 0.4) is 0 Å². The summed E-state index contributed by atoms with van der Waals surface area (Å²) < 4.78 is 16.5. The van der Waals surface area contributed by atoms with Gasteiger partial charge in [-0.1, -0.05) is 6.07 Å². The molecule has 10 heteroatoms. The van der Waals surface area contributed by atoms with Gasteiger partial charge in [0, 0.05) is 49.5 Å². The summed E-state index contributed by atoms with van der Waals surface area (Å²) >= 11 is 0. The number of nitrogens with zero attached hydrogens (tertiary/aromatic N) is 6. The number of anilines is 2. The number of aliphatic hydroxyl groups excluding tert-OH is 1. The predicted octanol–water partition coefficient (Wildman–Crippen LogP) is 3.90. The zero-order valence-electron chi connectivity index (χ0n) is 21.0. The summed E-state index contributed by atoms with van der Waals surface area (Å²) in [5.41, 5.74) is 3.95. The average molecular weight is 514 g/mol. The van der Waals surface area contributed by atoms with Crippen LogP contribution in [-0.4, -0.2) is 48.0 Å². The number of imidazole rings is 1. The van der Waals surface area contributed by atoms with Crippen molar-refractivity contribution in [2.75, 3.05) is 16.8 Å². The zero-order chi connectivity index (χ0) is 26.0. The van der Waals surface area contributed by atoms with E-state index in [0.717, 1.165) is 11.3 Å². The number of amides is 1. The fourth-order valence-corrected chi connectivity index (χ4v) is 5.59. The molecule has 3 fully saturated rings. The van der Waals surface area contributed by atoms with Crippen LogP contribution in [0.15, 0.2) is 49.2 Å². The van der Waals surface area contributed by atoms with E-state index in [-0.39, 0.29) is 29.6 Å². The monoisotopic (exact) mass is 513 g/mol. The Bertz CT molecular complexity index is 1550. The minimum absolute atomic E-state index is 0.157. The molecule has 4 aromatic heterocycles. The number of β-amino-alcohol motifs (C(OH)–C–C–N with tert-alkyl or cyclic N) is 1. The van der Waals surface area contributed by atoms with Crippen molar-refractivity contribution in [2.24, 2.45) is 5.92 Å². The van der Waals surface area contributed by atoms with Crippen LogP contribution in [-0.2, 0) is 4.79 Å². The second-order valence-corrected chi connectivity index (χ2v) is 10.8. The third-order valence-electron chi connectivity index (χ3n) is 7.95. The fraction of sp³-hybridized carbons (Fsp3) is 0.393. The number of hydrogen-bond acceptors (Lipinski definition) is 7. The molecule has 5 heterocycles. The molecule has 194 valence electrons. The summed E-state index contributed by atoms with van der Waals surface area (Å²) in [5, 5.41) is 13.4. The third-order valence-corrected chi connectivity index (χ3v) is 7.95. The van der Waals surface area contributed by atoms with Crippen LogP contribution in [0.25, 0.3) is 5.65 Å². The first kappa shape index (κ1) is 23.2.